The van der Waals surface area contributed by atoms with E-state index in [4.69, 9.17) is 15.9 Å². The molecule has 0 aliphatic carbocycles. The number of urea groups is 1. The van der Waals surface area contributed by atoms with Crippen LogP contribution in [0.15, 0.2) is 35.3 Å². The van der Waals surface area contributed by atoms with Gasteiger partial charge in [0, 0.05) is 38.9 Å². The predicted octanol–water partition coefficient (Wildman–Crippen LogP) is 1.50. The molecule has 1 aromatic carbocycles. The standard InChI is InChI=1S/C22H32FN9O3/c23-15-35-18-7-3-2-6-16(18)28-22(34)30-21-27-14-17(19(33)29-21)32-12-10-31(11-13-32)9-5-1-4-8-26-20(24)25/h2-3,6-7,14H,1,4-5,8-13,15H2,(H4,24,25,26)(H3,27,28,29,30,33,34). The summed E-state index contributed by atoms with van der Waals surface area (Å²) in [6.07, 6.45) is 4.63. The second-order valence-corrected chi connectivity index (χ2v) is 8.00. The van der Waals surface area contributed by atoms with Gasteiger partial charge in [0.2, 0.25) is 12.8 Å². The number of benzene rings is 1. The van der Waals surface area contributed by atoms with Crippen LogP contribution in [-0.2, 0) is 0 Å². The largest absolute Gasteiger partial charge is 0.461 e. The Morgan fingerprint density at radius 1 is 1.17 bits per heavy atom. The van der Waals surface area contributed by atoms with Crippen molar-refractivity contribution in [2.75, 3.05) is 61.7 Å². The normalized spacial score (nSPS) is 13.8. The number of guanidine groups is 1. The van der Waals surface area contributed by atoms with Gasteiger partial charge >= 0.3 is 6.03 Å². The van der Waals surface area contributed by atoms with Crippen LogP contribution in [0, 0.1) is 5.41 Å². The van der Waals surface area contributed by atoms with E-state index in [-0.39, 0.29) is 23.3 Å². The average Bonchev–Trinajstić information content (AvgIpc) is 2.83. The number of hydrogen-bond acceptors (Lipinski definition) is 7. The lowest BCUT2D eigenvalue weighted by Gasteiger charge is -2.35. The lowest BCUT2D eigenvalue weighted by atomic mass is 10.2. The van der Waals surface area contributed by atoms with E-state index >= 15 is 0 Å². The zero-order valence-electron chi connectivity index (χ0n) is 19.5. The Morgan fingerprint density at radius 3 is 2.66 bits per heavy atom. The first kappa shape index (κ1) is 25.7. The number of amides is 2. The Labute approximate surface area is 202 Å². The summed E-state index contributed by atoms with van der Waals surface area (Å²) in [6.45, 7) is 3.77. The molecule has 1 fully saturated rings. The molecule has 0 radical (unpaired) electrons. The molecular weight excluding hydrogens is 457 g/mol. The van der Waals surface area contributed by atoms with Crippen molar-refractivity contribution in [2.45, 2.75) is 19.3 Å². The molecule has 13 heteroatoms. The van der Waals surface area contributed by atoms with Gasteiger partial charge in [0.1, 0.15) is 11.4 Å². The summed E-state index contributed by atoms with van der Waals surface area (Å²) in [5.74, 6) is 0.188. The van der Waals surface area contributed by atoms with Crippen molar-refractivity contribution in [3.8, 4) is 5.75 Å². The summed E-state index contributed by atoms with van der Waals surface area (Å²) in [5.41, 5.74) is 5.56. The van der Waals surface area contributed by atoms with Crippen LogP contribution in [0.2, 0.25) is 0 Å². The van der Waals surface area contributed by atoms with Gasteiger partial charge in [0.05, 0.1) is 5.69 Å². The molecule has 0 bridgehead atoms. The third kappa shape index (κ3) is 8.14. The molecule has 1 aliphatic heterocycles. The molecule has 2 heterocycles. The molecule has 1 aliphatic rings. The summed E-state index contributed by atoms with van der Waals surface area (Å²) >= 11 is 0. The van der Waals surface area contributed by atoms with Gasteiger partial charge in [-0.3, -0.25) is 20.4 Å². The molecule has 7 N–H and O–H groups in total. The van der Waals surface area contributed by atoms with Crippen molar-refractivity contribution in [3.63, 3.8) is 0 Å². The minimum Gasteiger partial charge on any atom is -0.461 e. The van der Waals surface area contributed by atoms with E-state index in [0.29, 0.717) is 25.3 Å². The van der Waals surface area contributed by atoms with Gasteiger partial charge in [-0.2, -0.15) is 4.98 Å². The van der Waals surface area contributed by atoms with Crippen LogP contribution in [0.4, 0.5) is 26.5 Å². The first-order valence-electron chi connectivity index (χ1n) is 11.5. The highest BCUT2D eigenvalue weighted by Crippen LogP contribution is 2.23. The molecule has 0 atom stereocenters. The fraction of sp³-hybridized carbons (Fsp3) is 0.455. The molecule has 190 valence electrons. The van der Waals surface area contributed by atoms with Crippen LogP contribution in [0.25, 0.3) is 0 Å². The predicted molar refractivity (Wildman–Crippen MR) is 133 cm³/mol. The first-order chi connectivity index (χ1) is 17.0. The number of hydrogen-bond donors (Lipinski definition) is 6. The second kappa shape index (κ2) is 13.1. The van der Waals surface area contributed by atoms with Crippen molar-refractivity contribution in [2.24, 2.45) is 5.73 Å². The second-order valence-electron chi connectivity index (χ2n) is 8.00. The summed E-state index contributed by atoms with van der Waals surface area (Å²) in [4.78, 5) is 36.0. The lowest BCUT2D eigenvalue weighted by Crippen LogP contribution is -2.48. The average molecular weight is 490 g/mol. The Kier molecular flexibility index (Phi) is 9.66. The van der Waals surface area contributed by atoms with Crippen LogP contribution >= 0.6 is 0 Å². The number of H-pyrrole nitrogens is 1. The lowest BCUT2D eigenvalue weighted by molar-refractivity contribution is 0.192. The number of halogens is 1. The van der Waals surface area contributed by atoms with E-state index in [1.165, 1.54) is 6.07 Å². The minimum absolute atomic E-state index is 0.00182. The molecule has 0 unspecified atom stereocenters. The summed E-state index contributed by atoms with van der Waals surface area (Å²) in [7, 11) is 0. The SMILES string of the molecule is N=C(N)NCCCCCN1CCN(c2c[nH]c(NC(=O)Nc3ccccc3OCF)nc2=O)CC1. The van der Waals surface area contributed by atoms with Crippen molar-refractivity contribution in [1.82, 2.24) is 20.2 Å². The zero-order chi connectivity index (χ0) is 25.0. The smallest absolute Gasteiger partial charge is 0.326 e. The summed E-state index contributed by atoms with van der Waals surface area (Å²) in [6, 6.07) is 5.76. The Hall–Kier alpha value is -3.87. The van der Waals surface area contributed by atoms with Gasteiger partial charge < -0.3 is 31.0 Å². The van der Waals surface area contributed by atoms with E-state index in [2.05, 4.69) is 30.8 Å². The minimum atomic E-state index is -1.02. The number of rotatable bonds is 11. The number of piperazine rings is 1. The van der Waals surface area contributed by atoms with Gasteiger partial charge in [0.15, 0.2) is 5.96 Å². The maximum atomic E-state index is 12.6. The number of alkyl halides is 1. The van der Waals surface area contributed by atoms with Gasteiger partial charge in [-0.05, 0) is 31.5 Å². The van der Waals surface area contributed by atoms with Crippen LogP contribution in [0.5, 0.6) is 5.75 Å². The fourth-order valence-electron chi connectivity index (χ4n) is 3.77. The Morgan fingerprint density at radius 2 is 1.94 bits per heavy atom. The molecule has 0 spiro atoms. The third-order valence-corrected chi connectivity index (χ3v) is 5.53. The number of aromatic nitrogens is 2. The number of nitrogens with two attached hydrogens (primary N) is 1. The van der Waals surface area contributed by atoms with Gasteiger partial charge in [-0.25, -0.2) is 9.18 Å². The number of aromatic amines is 1. The van der Waals surface area contributed by atoms with E-state index in [1.807, 2.05) is 4.90 Å². The highest BCUT2D eigenvalue weighted by Gasteiger charge is 2.20. The molecular formula is C22H32FN9O3. The molecule has 1 saturated heterocycles. The number of nitrogens with zero attached hydrogens (tertiary/aromatic N) is 3. The van der Waals surface area contributed by atoms with Gasteiger partial charge in [0.25, 0.3) is 5.56 Å². The van der Waals surface area contributed by atoms with Crippen molar-refractivity contribution >= 4 is 29.3 Å². The fourth-order valence-corrected chi connectivity index (χ4v) is 3.77. The van der Waals surface area contributed by atoms with E-state index in [9.17, 15) is 14.0 Å². The molecule has 2 aromatic rings. The first-order valence-corrected chi connectivity index (χ1v) is 11.5. The summed E-state index contributed by atoms with van der Waals surface area (Å²) in [5, 5.41) is 14.9. The number of unbranched alkanes of at least 4 members (excludes halogenated alkanes) is 2. The van der Waals surface area contributed by atoms with Crippen LogP contribution in [-0.4, -0.2) is 73.0 Å². The quantitative estimate of drug-likeness (QED) is 0.157. The monoisotopic (exact) mass is 489 g/mol. The molecule has 12 nitrogen and oxygen atoms in total. The van der Waals surface area contributed by atoms with Gasteiger partial charge in [-0.15, -0.1) is 0 Å². The van der Waals surface area contributed by atoms with Crippen molar-refractivity contribution < 1.29 is 13.9 Å². The molecule has 0 saturated carbocycles. The molecule has 2 amide bonds. The van der Waals surface area contributed by atoms with Crippen molar-refractivity contribution in [3.05, 3.63) is 40.8 Å². The number of carbonyl (C=O) groups excluding carboxylic acids is 1. The molecule has 3 rings (SSSR count). The maximum absolute atomic E-state index is 12.6. The highest BCUT2D eigenvalue weighted by atomic mass is 19.1. The number of para-hydroxylation sites is 2. The number of ether oxygens (including phenoxy) is 1. The third-order valence-electron chi connectivity index (χ3n) is 5.53. The topological polar surface area (TPSA) is 164 Å². The number of nitrogens with one attached hydrogen (secondary N) is 5. The van der Waals surface area contributed by atoms with E-state index < -0.39 is 18.5 Å². The number of carbonyl (C=O) groups is 1. The van der Waals surface area contributed by atoms with E-state index in [1.54, 1.807) is 24.4 Å². The zero-order valence-corrected chi connectivity index (χ0v) is 19.5. The maximum Gasteiger partial charge on any atom is 0.326 e. The molecule has 1 aromatic heterocycles. The van der Waals surface area contributed by atoms with E-state index in [0.717, 1.165) is 38.9 Å². The Bertz CT molecular complexity index is 1040. The molecule has 35 heavy (non-hydrogen) atoms. The highest BCUT2D eigenvalue weighted by molar-refractivity contribution is 5.99. The van der Waals surface area contributed by atoms with Crippen LogP contribution < -0.4 is 36.9 Å². The van der Waals surface area contributed by atoms with Crippen molar-refractivity contribution in [1.29, 1.82) is 5.41 Å². The van der Waals surface area contributed by atoms with Gasteiger partial charge in [-0.1, -0.05) is 18.6 Å². The van der Waals surface area contributed by atoms with Crippen LogP contribution in [0.3, 0.4) is 0 Å². The number of anilines is 3. The Balaban J connectivity index is 1.44. The van der Waals surface area contributed by atoms with Crippen LogP contribution in [0.1, 0.15) is 19.3 Å². The summed E-state index contributed by atoms with van der Waals surface area (Å²) < 4.78 is 17.3.